The van der Waals surface area contributed by atoms with Crippen LogP contribution in [0, 0.1) is 11.3 Å². The molecule has 0 spiro atoms. The number of aromatic nitrogens is 3. The van der Waals surface area contributed by atoms with Crippen molar-refractivity contribution in [3.8, 4) is 17.3 Å². The smallest absolute Gasteiger partial charge is 0.259 e. The van der Waals surface area contributed by atoms with Gasteiger partial charge >= 0.3 is 0 Å². The summed E-state index contributed by atoms with van der Waals surface area (Å²) in [5.41, 5.74) is 1.89. The third kappa shape index (κ3) is 5.89. The molecule has 2 heterocycles. The minimum atomic E-state index is -1.32. The van der Waals surface area contributed by atoms with E-state index in [4.69, 9.17) is 21.1 Å². The SMILES string of the molecule is COC1C(C(=O)N(c2cc(Cl)cc(C#N)c2)[C@@H]2CCC[C@H]2O)OC(CO)C(O)C1n1cc(-c2ccc(Br)cc2)nn1. The highest BCUT2D eigenvalue weighted by Crippen LogP contribution is 2.37. The van der Waals surface area contributed by atoms with Gasteiger partial charge in [-0.1, -0.05) is 44.9 Å². The lowest BCUT2D eigenvalue weighted by Gasteiger charge is -2.45. The van der Waals surface area contributed by atoms with Gasteiger partial charge in [0.1, 0.15) is 30.0 Å². The highest BCUT2D eigenvalue weighted by Gasteiger charge is 2.52. The average molecular weight is 647 g/mol. The highest BCUT2D eigenvalue weighted by molar-refractivity contribution is 9.10. The number of nitrogens with zero attached hydrogens (tertiary/aromatic N) is 5. The maximum atomic E-state index is 14.4. The van der Waals surface area contributed by atoms with E-state index in [1.807, 2.05) is 30.3 Å². The number of ether oxygens (including phenoxy) is 2. The molecule has 5 unspecified atom stereocenters. The van der Waals surface area contributed by atoms with Crippen LogP contribution in [-0.4, -0.2) is 86.5 Å². The van der Waals surface area contributed by atoms with E-state index in [1.165, 1.54) is 28.8 Å². The zero-order valence-corrected chi connectivity index (χ0v) is 24.4. The molecule has 7 atom stereocenters. The molecule has 1 aliphatic carbocycles. The van der Waals surface area contributed by atoms with E-state index in [2.05, 4.69) is 26.2 Å². The summed E-state index contributed by atoms with van der Waals surface area (Å²) >= 11 is 9.71. The van der Waals surface area contributed by atoms with Gasteiger partial charge in [-0.2, -0.15) is 5.26 Å². The number of benzene rings is 2. The summed E-state index contributed by atoms with van der Waals surface area (Å²) < 4.78 is 14.1. The van der Waals surface area contributed by atoms with Crippen LogP contribution in [0.2, 0.25) is 5.02 Å². The molecule has 5 rings (SSSR count). The molecule has 216 valence electrons. The van der Waals surface area contributed by atoms with Crippen LogP contribution in [0.5, 0.6) is 0 Å². The van der Waals surface area contributed by atoms with E-state index in [9.17, 15) is 25.4 Å². The Bertz CT molecular complexity index is 1430. The zero-order valence-electron chi connectivity index (χ0n) is 22.0. The maximum Gasteiger partial charge on any atom is 0.259 e. The molecule has 13 heteroatoms. The Labute approximate surface area is 250 Å². The molecular formula is C28H29BrClN5O6. The fraction of sp³-hybridized carbons (Fsp3) is 0.429. The average Bonchev–Trinajstić information content (AvgIpc) is 3.62. The highest BCUT2D eigenvalue weighted by atomic mass is 79.9. The first-order valence-corrected chi connectivity index (χ1v) is 14.3. The normalized spacial score (nSPS) is 27.9. The molecular weight excluding hydrogens is 618 g/mol. The molecule has 3 N–H and O–H groups in total. The number of rotatable bonds is 7. The Morgan fingerprint density at radius 1 is 1.27 bits per heavy atom. The second kappa shape index (κ2) is 12.5. The molecule has 2 fully saturated rings. The topological polar surface area (TPSA) is 154 Å². The summed E-state index contributed by atoms with van der Waals surface area (Å²) in [5.74, 6) is -0.572. The first-order valence-electron chi connectivity index (χ1n) is 13.1. The predicted molar refractivity (Wildman–Crippen MR) is 152 cm³/mol. The minimum absolute atomic E-state index is 0.246. The Hall–Kier alpha value is -2.89. The standard InChI is InChI=1S/C28H29BrClN5O6/c1-40-26-24(34-13-20(32-33-34)16-5-7-17(29)8-6-16)25(38)23(14-36)41-27(26)28(39)35(21-3-2-4-22(21)37)19-10-15(12-31)9-18(30)11-19/h5-11,13,21-27,36-38H,2-4,14H2,1H3/t21-,22-,23?,24?,25?,26?,27?/m1/s1. The molecule has 2 aromatic carbocycles. The molecule has 41 heavy (non-hydrogen) atoms. The molecule has 11 nitrogen and oxygen atoms in total. The van der Waals surface area contributed by atoms with E-state index in [0.29, 0.717) is 30.6 Å². The minimum Gasteiger partial charge on any atom is -0.394 e. The summed E-state index contributed by atoms with van der Waals surface area (Å²) in [4.78, 5) is 15.8. The quantitative estimate of drug-likeness (QED) is 0.352. The first-order chi connectivity index (χ1) is 19.7. The van der Waals surface area contributed by atoms with Crippen LogP contribution in [0.25, 0.3) is 11.3 Å². The van der Waals surface area contributed by atoms with Gasteiger partial charge in [-0.25, -0.2) is 4.68 Å². The van der Waals surface area contributed by atoms with Crippen molar-refractivity contribution < 1.29 is 29.6 Å². The molecule has 1 amide bonds. The Balaban J connectivity index is 1.54. The Morgan fingerprint density at radius 3 is 2.66 bits per heavy atom. The van der Waals surface area contributed by atoms with Crippen LogP contribution >= 0.6 is 27.5 Å². The van der Waals surface area contributed by atoms with Crippen LogP contribution in [0.3, 0.4) is 0 Å². The van der Waals surface area contributed by atoms with Crippen molar-refractivity contribution in [3.05, 3.63) is 63.7 Å². The van der Waals surface area contributed by atoms with Crippen molar-refractivity contribution in [2.24, 2.45) is 0 Å². The lowest BCUT2D eigenvalue weighted by atomic mass is 9.91. The summed E-state index contributed by atoms with van der Waals surface area (Å²) in [6, 6.07) is 12.5. The molecule has 3 aromatic rings. The number of halogens is 2. The van der Waals surface area contributed by atoms with Crippen LogP contribution in [0.15, 0.2) is 53.1 Å². The second-order valence-electron chi connectivity index (χ2n) is 10.1. The van der Waals surface area contributed by atoms with Crippen LogP contribution < -0.4 is 4.90 Å². The monoisotopic (exact) mass is 645 g/mol. The summed E-state index contributed by atoms with van der Waals surface area (Å²) in [5, 5.41) is 50.4. The number of carbonyl (C=O) groups excluding carboxylic acids is 1. The van der Waals surface area contributed by atoms with Gasteiger partial charge in [-0.15, -0.1) is 5.10 Å². The Kier molecular flexibility index (Phi) is 9.06. The largest absolute Gasteiger partial charge is 0.394 e. The van der Waals surface area contributed by atoms with Crippen LogP contribution in [-0.2, 0) is 14.3 Å². The van der Waals surface area contributed by atoms with Crippen LogP contribution in [0.1, 0.15) is 30.9 Å². The van der Waals surface area contributed by atoms with Crippen molar-refractivity contribution in [1.29, 1.82) is 5.26 Å². The Morgan fingerprint density at radius 2 is 2.02 bits per heavy atom. The number of anilines is 1. The molecule has 1 saturated heterocycles. The predicted octanol–water partition coefficient (Wildman–Crippen LogP) is 2.86. The van der Waals surface area contributed by atoms with Gasteiger partial charge in [0.05, 0.1) is 36.6 Å². The number of hydrogen-bond donors (Lipinski definition) is 3. The summed E-state index contributed by atoms with van der Waals surface area (Å²) in [7, 11) is 1.39. The van der Waals surface area contributed by atoms with Crippen molar-refractivity contribution >= 4 is 39.1 Å². The molecule has 0 radical (unpaired) electrons. The van der Waals surface area contributed by atoms with Gasteiger partial charge in [-0.05, 0) is 49.6 Å². The van der Waals surface area contributed by atoms with Gasteiger partial charge in [0, 0.05) is 27.9 Å². The van der Waals surface area contributed by atoms with E-state index < -0.39 is 55.1 Å². The van der Waals surface area contributed by atoms with Gasteiger partial charge in [0.15, 0.2) is 6.10 Å². The number of methoxy groups -OCH3 is 1. The number of carbonyl (C=O) groups is 1. The molecule has 0 bridgehead atoms. The molecule has 1 saturated carbocycles. The van der Waals surface area contributed by atoms with Crippen LogP contribution in [0.4, 0.5) is 5.69 Å². The third-order valence-electron chi connectivity index (χ3n) is 7.64. The fourth-order valence-corrected chi connectivity index (χ4v) is 6.15. The lowest BCUT2D eigenvalue weighted by molar-refractivity contribution is -0.211. The number of nitriles is 1. The van der Waals surface area contributed by atoms with Crippen molar-refractivity contribution in [2.45, 2.75) is 61.9 Å². The summed E-state index contributed by atoms with van der Waals surface area (Å²) in [6.45, 7) is -0.575. The third-order valence-corrected chi connectivity index (χ3v) is 8.39. The number of hydrogen-bond acceptors (Lipinski definition) is 9. The van der Waals surface area contributed by atoms with E-state index in [-0.39, 0.29) is 10.6 Å². The van der Waals surface area contributed by atoms with Gasteiger partial charge in [0.25, 0.3) is 5.91 Å². The van der Waals surface area contributed by atoms with Crippen molar-refractivity contribution in [1.82, 2.24) is 15.0 Å². The van der Waals surface area contributed by atoms with Gasteiger partial charge in [0.2, 0.25) is 0 Å². The summed E-state index contributed by atoms with van der Waals surface area (Å²) in [6.07, 6.45) is -2.29. The van der Waals surface area contributed by atoms with Crippen molar-refractivity contribution in [3.63, 3.8) is 0 Å². The number of aliphatic hydroxyl groups is 3. The second-order valence-corrected chi connectivity index (χ2v) is 11.5. The van der Waals surface area contributed by atoms with E-state index >= 15 is 0 Å². The maximum absolute atomic E-state index is 14.4. The zero-order chi connectivity index (χ0) is 29.3. The molecule has 1 aromatic heterocycles. The number of amides is 1. The lowest BCUT2D eigenvalue weighted by Crippen LogP contribution is -2.62. The van der Waals surface area contributed by atoms with Crippen molar-refractivity contribution in [2.75, 3.05) is 18.6 Å². The fourth-order valence-electron chi connectivity index (χ4n) is 5.65. The molecule has 2 aliphatic rings. The first kappa shape index (κ1) is 29.6. The van der Waals surface area contributed by atoms with Gasteiger partial charge in [-0.3, -0.25) is 4.79 Å². The van der Waals surface area contributed by atoms with E-state index in [0.717, 1.165) is 10.0 Å². The van der Waals surface area contributed by atoms with E-state index in [1.54, 1.807) is 12.3 Å². The number of aliphatic hydroxyl groups excluding tert-OH is 3. The molecule has 1 aliphatic heterocycles. The van der Waals surface area contributed by atoms with Gasteiger partial charge < -0.3 is 29.7 Å².